The van der Waals surface area contributed by atoms with Gasteiger partial charge in [-0.05, 0) is 51.4 Å². The number of nitrogens with zero attached hydrogens (tertiary/aromatic N) is 1. The predicted octanol–water partition coefficient (Wildman–Crippen LogP) is 23.1. The summed E-state index contributed by atoms with van der Waals surface area (Å²) < 4.78 is 23.0. The first-order valence-corrected chi connectivity index (χ1v) is 37.2. The number of quaternary nitrogens is 1. The molecule has 0 aliphatic rings. The van der Waals surface area contributed by atoms with Crippen molar-refractivity contribution < 1.29 is 42.9 Å². The van der Waals surface area contributed by atoms with Crippen LogP contribution in [0.4, 0.5) is 0 Å². The molecule has 0 fully saturated rings. The highest BCUT2D eigenvalue weighted by atomic mass is 16.7. The number of hydrogen-bond acceptors (Lipinski definition) is 7. The van der Waals surface area contributed by atoms with Gasteiger partial charge in [0.15, 0.2) is 6.10 Å². The SMILES string of the molecule is CCCCCCC/C=C\C/C=C\C/C=C\CCCCCCCCCCC(=O)OC(COC(=O)CCCCCCCCCCCCCCCCCCCCCCCCCCCCCCCCCCCCCCC)COC(OCC[N+](C)(C)C)C(=O)O. The second-order valence-electron chi connectivity index (χ2n) is 26.6. The molecule has 9 nitrogen and oxygen atoms in total. The summed E-state index contributed by atoms with van der Waals surface area (Å²) >= 11 is 0. The Morgan fingerprint density at radius 2 is 0.635 bits per heavy atom. The molecule has 2 unspecified atom stereocenters. The van der Waals surface area contributed by atoms with Crippen LogP contribution in [0, 0.1) is 0 Å². The Labute approximate surface area is 528 Å². The lowest BCUT2D eigenvalue weighted by atomic mass is 10.0. The number of carbonyl (C=O) groups excluding carboxylic acids is 2. The summed E-state index contributed by atoms with van der Waals surface area (Å²) in [6.45, 7) is 4.92. The van der Waals surface area contributed by atoms with Crippen LogP contribution in [-0.2, 0) is 33.3 Å². The molecular formula is C76H144NO8+. The second-order valence-corrected chi connectivity index (χ2v) is 26.6. The molecule has 0 aromatic carbocycles. The van der Waals surface area contributed by atoms with Gasteiger partial charge in [0.1, 0.15) is 13.2 Å². The fourth-order valence-corrected chi connectivity index (χ4v) is 11.2. The maximum atomic E-state index is 12.9. The maximum absolute atomic E-state index is 12.9. The number of carboxylic acids is 1. The molecular weight excluding hydrogens is 1050 g/mol. The highest BCUT2D eigenvalue weighted by Crippen LogP contribution is 2.19. The van der Waals surface area contributed by atoms with E-state index in [0.717, 1.165) is 57.8 Å². The van der Waals surface area contributed by atoms with Gasteiger partial charge in [-0.2, -0.15) is 0 Å². The van der Waals surface area contributed by atoms with Crippen LogP contribution in [0.15, 0.2) is 36.5 Å². The molecule has 0 aromatic heterocycles. The first kappa shape index (κ1) is 82.5. The molecule has 0 aliphatic heterocycles. The molecule has 500 valence electrons. The molecule has 0 spiro atoms. The number of carbonyl (C=O) groups is 3. The van der Waals surface area contributed by atoms with E-state index in [-0.39, 0.29) is 32.2 Å². The summed E-state index contributed by atoms with van der Waals surface area (Å²) in [6.07, 6.45) is 82.9. The van der Waals surface area contributed by atoms with Crippen molar-refractivity contribution in [3.8, 4) is 0 Å². The van der Waals surface area contributed by atoms with Crippen molar-refractivity contribution in [2.75, 3.05) is 47.5 Å². The van der Waals surface area contributed by atoms with Gasteiger partial charge in [0.2, 0.25) is 0 Å². The largest absolute Gasteiger partial charge is 0.477 e. The summed E-state index contributed by atoms with van der Waals surface area (Å²) in [4.78, 5) is 37.6. The number of unbranched alkanes of at least 4 members (excludes halogenated alkanes) is 49. The zero-order valence-electron chi connectivity index (χ0n) is 57.3. The number of esters is 2. The Kier molecular flexibility index (Phi) is 65.5. The van der Waals surface area contributed by atoms with Crippen LogP contribution in [-0.4, -0.2) is 87.4 Å². The van der Waals surface area contributed by atoms with Crippen LogP contribution >= 0.6 is 0 Å². The molecule has 2 atom stereocenters. The lowest BCUT2D eigenvalue weighted by Gasteiger charge is -2.25. The standard InChI is InChI=1S/C76H143NO8/c1-6-8-10-12-14-16-18-20-22-24-26-28-30-31-32-33-34-35-36-37-38-39-40-41-42-43-45-46-48-50-52-54-56-58-60-62-64-66-73(78)83-70-72(71-84-76(75(80)81)82-69-68-77(3,4)5)85-74(79)67-65-63-61-59-57-55-53-51-49-47-44-29-27-25-23-21-19-17-15-13-11-9-7-2/h19,21,25,27,44,47,72,76H,6-18,20,22-24,26,28-43,45-46,48-71H2,1-5H3/p+1/b21-19-,27-25-,47-44-. The van der Waals surface area contributed by atoms with E-state index in [0.29, 0.717) is 23.9 Å². The first-order valence-electron chi connectivity index (χ1n) is 37.2. The van der Waals surface area contributed by atoms with Gasteiger partial charge in [0, 0.05) is 12.8 Å². The van der Waals surface area contributed by atoms with E-state index in [1.807, 2.05) is 21.1 Å². The zero-order valence-corrected chi connectivity index (χ0v) is 57.3. The van der Waals surface area contributed by atoms with Crippen molar-refractivity contribution in [1.82, 2.24) is 0 Å². The zero-order chi connectivity index (χ0) is 61.9. The van der Waals surface area contributed by atoms with Crippen molar-refractivity contribution in [3.05, 3.63) is 36.5 Å². The van der Waals surface area contributed by atoms with Crippen molar-refractivity contribution >= 4 is 17.9 Å². The Balaban J connectivity index is 3.98. The molecule has 85 heavy (non-hydrogen) atoms. The van der Waals surface area contributed by atoms with Gasteiger partial charge in [0.05, 0.1) is 34.4 Å². The Bertz CT molecular complexity index is 1490. The minimum atomic E-state index is -1.51. The van der Waals surface area contributed by atoms with E-state index in [4.69, 9.17) is 18.9 Å². The molecule has 0 radical (unpaired) electrons. The summed E-state index contributed by atoms with van der Waals surface area (Å²) in [5, 5.41) is 9.75. The molecule has 9 heteroatoms. The van der Waals surface area contributed by atoms with Crippen molar-refractivity contribution in [2.24, 2.45) is 0 Å². The number of aliphatic carboxylic acids is 1. The van der Waals surface area contributed by atoms with Crippen LogP contribution in [0.5, 0.6) is 0 Å². The molecule has 0 heterocycles. The summed E-state index contributed by atoms with van der Waals surface area (Å²) in [5.41, 5.74) is 0. The Hall–Kier alpha value is -2.49. The van der Waals surface area contributed by atoms with Crippen LogP contribution in [0.3, 0.4) is 0 Å². The molecule has 0 saturated carbocycles. The average Bonchev–Trinajstić information content (AvgIpc) is 3.49. The van der Waals surface area contributed by atoms with Crippen molar-refractivity contribution in [2.45, 2.75) is 386 Å². The summed E-state index contributed by atoms with van der Waals surface area (Å²) in [5.74, 6) is -1.99. The van der Waals surface area contributed by atoms with Gasteiger partial charge in [-0.3, -0.25) is 9.59 Å². The molecule has 0 rings (SSSR count). The first-order chi connectivity index (χ1) is 41.6. The van der Waals surface area contributed by atoms with Gasteiger partial charge in [-0.25, -0.2) is 4.79 Å². The highest BCUT2D eigenvalue weighted by Gasteiger charge is 2.25. The Morgan fingerprint density at radius 1 is 0.353 bits per heavy atom. The van der Waals surface area contributed by atoms with E-state index in [1.54, 1.807) is 0 Å². The number of allylic oxidation sites excluding steroid dienone is 6. The lowest BCUT2D eigenvalue weighted by molar-refractivity contribution is -0.870. The molecule has 0 amide bonds. The minimum absolute atomic E-state index is 0.181. The molecule has 0 saturated heterocycles. The number of ether oxygens (including phenoxy) is 4. The molecule has 1 N–H and O–H groups in total. The third-order valence-electron chi connectivity index (χ3n) is 16.9. The number of likely N-dealkylation sites (N-methyl/N-ethyl adjacent to an activating group) is 1. The van der Waals surface area contributed by atoms with E-state index in [2.05, 4.69) is 50.3 Å². The number of hydrogen-bond donors (Lipinski definition) is 1. The molecule has 0 aromatic rings. The average molecular weight is 1200 g/mol. The third-order valence-corrected chi connectivity index (χ3v) is 16.9. The molecule has 0 aliphatic carbocycles. The van der Waals surface area contributed by atoms with E-state index < -0.39 is 24.3 Å². The minimum Gasteiger partial charge on any atom is -0.477 e. The van der Waals surface area contributed by atoms with Crippen LogP contribution < -0.4 is 0 Å². The predicted molar refractivity (Wildman–Crippen MR) is 364 cm³/mol. The fourth-order valence-electron chi connectivity index (χ4n) is 11.2. The van der Waals surface area contributed by atoms with E-state index in [1.165, 1.54) is 283 Å². The lowest BCUT2D eigenvalue weighted by Crippen LogP contribution is -2.40. The highest BCUT2D eigenvalue weighted by molar-refractivity contribution is 5.71. The summed E-state index contributed by atoms with van der Waals surface area (Å²) in [6, 6.07) is 0. The van der Waals surface area contributed by atoms with Crippen molar-refractivity contribution in [1.29, 1.82) is 0 Å². The van der Waals surface area contributed by atoms with Gasteiger partial charge >= 0.3 is 17.9 Å². The van der Waals surface area contributed by atoms with Gasteiger partial charge in [-0.1, -0.05) is 346 Å². The van der Waals surface area contributed by atoms with Gasteiger partial charge in [0.25, 0.3) is 6.29 Å². The van der Waals surface area contributed by atoms with E-state index in [9.17, 15) is 19.5 Å². The van der Waals surface area contributed by atoms with Gasteiger partial charge < -0.3 is 28.5 Å². The van der Waals surface area contributed by atoms with Crippen LogP contribution in [0.25, 0.3) is 0 Å². The normalized spacial score (nSPS) is 12.8. The smallest absolute Gasteiger partial charge is 0.361 e. The van der Waals surface area contributed by atoms with Gasteiger partial charge in [-0.15, -0.1) is 0 Å². The number of carboxylic acid groups (broad SMARTS) is 1. The second kappa shape index (κ2) is 67.4. The van der Waals surface area contributed by atoms with Crippen LogP contribution in [0.1, 0.15) is 373 Å². The maximum Gasteiger partial charge on any atom is 0.361 e. The Morgan fingerprint density at radius 3 is 0.941 bits per heavy atom. The third kappa shape index (κ3) is 68.9. The number of rotatable bonds is 70. The van der Waals surface area contributed by atoms with Crippen molar-refractivity contribution in [3.63, 3.8) is 0 Å². The summed E-state index contributed by atoms with van der Waals surface area (Å²) in [7, 11) is 5.98. The quantitative estimate of drug-likeness (QED) is 0.0211. The van der Waals surface area contributed by atoms with E-state index >= 15 is 0 Å². The van der Waals surface area contributed by atoms with Crippen LogP contribution in [0.2, 0.25) is 0 Å². The molecule has 0 bridgehead atoms. The monoisotopic (exact) mass is 1200 g/mol. The fraction of sp³-hybridized carbons (Fsp3) is 0.882. The topological polar surface area (TPSA) is 108 Å².